The molecular formula is C24H17N3S2. The lowest BCUT2D eigenvalue weighted by atomic mass is 10.1. The molecule has 1 aromatic heterocycles. The number of thiocarbonyl (C=S) groups is 1. The summed E-state index contributed by atoms with van der Waals surface area (Å²) in [5.74, 6) is 0.528. The fourth-order valence-corrected chi connectivity index (χ4v) is 3.93. The van der Waals surface area contributed by atoms with Crippen molar-refractivity contribution in [3.63, 3.8) is 0 Å². The molecule has 29 heavy (non-hydrogen) atoms. The highest BCUT2D eigenvalue weighted by Crippen LogP contribution is 2.40. The predicted molar refractivity (Wildman–Crippen MR) is 125 cm³/mol. The number of isothiocyanates is 1. The van der Waals surface area contributed by atoms with Crippen LogP contribution in [0.3, 0.4) is 0 Å². The minimum Gasteiger partial charge on any atom is -0.234 e. The summed E-state index contributed by atoms with van der Waals surface area (Å²) >= 11 is 6.41. The van der Waals surface area contributed by atoms with E-state index in [1.165, 1.54) is 16.9 Å². The van der Waals surface area contributed by atoms with Crippen LogP contribution >= 0.6 is 23.6 Å². The van der Waals surface area contributed by atoms with E-state index in [4.69, 9.17) is 22.2 Å². The molecule has 3 aromatic carbocycles. The first kappa shape index (κ1) is 19.1. The highest BCUT2D eigenvalue weighted by molar-refractivity contribution is 7.78. The van der Waals surface area contributed by atoms with Gasteiger partial charge in [0.05, 0.1) is 5.16 Å². The van der Waals surface area contributed by atoms with Crippen LogP contribution in [0.4, 0.5) is 5.00 Å². The van der Waals surface area contributed by atoms with Crippen LogP contribution in [0.1, 0.15) is 11.1 Å². The molecule has 0 unspecified atom stereocenters. The first-order chi connectivity index (χ1) is 14.2. The highest BCUT2D eigenvalue weighted by atomic mass is 32.1. The molecule has 4 aromatic rings. The fraction of sp³-hybridized carbons (Fsp3) is 0.0417. The Hall–Kier alpha value is -3.24. The first-order valence-electron chi connectivity index (χ1n) is 9.10. The lowest BCUT2D eigenvalue weighted by molar-refractivity contribution is 1.38. The maximum atomic E-state index is 4.89. The minimum atomic E-state index is 0.528. The third-order valence-electron chi connectivity index (χ3n) is 4.35. The molecule has 4 rings (SSSR count). The Balaban J connectivity index is 1.88. The summed E-state index contributed by atoms with van der Waals surface area (Å²) < 4.78 is 0. The minimum absolute atomic E-state index is 0.528. The van der Waals surface area contributed by atoms with E-state index in [1.54, 1.807) is 0 Å². The van der Waals surface area contributed by atoms with E-state index in [9.17, 15) is 0 Å². The molecule has 0 bridgehead atoms. The average Bonchev–Trinajstić information content (AvgIpc) is 3.19. The zero-order valence-electron chi connectivity index (χ0n) is 15.7. The summed E-state index contributed by atoms with van der Waals surface area (Å²) in [7, 11) is 0. The molecule has 0 aliphatic heterocycles. The largest absolute Gasteiger partial charge is 0.234 e. The van der Waals surface area contributed by atoms with E-state index in [2.05, 4.69) is 22.3 Å². The molecule has 0 saturated carbocycles. The highest BCUT2D eigenvalue weighted by Gasteiger charge is 2.15. The molecule has 0 amide bonds. The van der Waals surface area contributed by atoms with Crippen LogP contribution in [0.2, 0.25) is 0 Å². The maximum absolute atomic E-state index is 4.89. The zero-order chi connectivity index (χ0) is 20.1. The van der Waals surface area contributed by atoms with Gasteiger partial charge in [0.2, 0.25) is 0 Å². The van der Waals surface area contributed by atoms with Crippen LogP contribution in [-0.2, 0) is 0 Å². The van der Waals surface area contributed by atoms with Crippen molar-refractivity contribution in [2.45, 2.75) is 6.92 Å². The number of thiazole rings is 1. The summed E-state index contributed by atoms with van der Waals surface area (Å²) in [5, 5.41) is 4.17. The normalized spacial score (nSPS) is 11.1. The molecule has 0 atom stereocenters. The van der Waals surface area contributed by atoms with Gasteiger partial charge >= 0.3 is 0 Å². The Morgan fingerprint density at radius 3 is 2.10 bits per heavy atom. The van der Waals surface area contributed by atoms with Crippen LogP contribution in [0, 0.1) is 6.92 Å². The third-order valence-corrected chi connectivity index (χ3v) is 5.44. The second kappa shape index (κ2) is 8.84. The molecule has 0 aliphatic rings. The summed E-state index contributed by atoms with van der Waals surface area (Å²) in [6, 6.07) is 28.2. The molecule has 0 saturated heterocycles. The summed E-state index contributed by atoms with van der Waals surface area (Å²) in [6.07, 6.45) is 0. The van der Waals surface area contributed by atoms with E-state index in [-0.39, 0.29) is 0 Å². The molecule has 1 heterocycles. The van der Waals surface area contributed by atoms with Crippen molar-refractivity contribution in [2.24, 2.45) is 9.98 Å². The van der Waals surface area contributed by atoms with Crippen molar-refractivity contribution in [3.05, 3.63) is 96.1 Å². The van der Waals surface area contributed by atoms with Gasteiger partial charge < -0.3 is 0 Å². The van der Waals surface area contributed by atoms with Gasteiger partial charge in [-0.25, -0.2) is 9.98 Å². The number of hydrogen-bond acceptors (Lipinski definition) is 4. The van der Waals surface area contributed by atoms with Crippen molar-refractivity contribution in [2.75, 3.05) is 0 Å². The van der Waals surface area contributed by atoms with Crippen LogP contribution in [-0.4, -0.2) is 16.0 Å². The topological polar surface area (TPSA) is 37.6 Å². The lowest BCUT2D eigenvalue weighted by Gasteiger charge is -2.02. The predicted octanol–water partition coefficient (Wildman–Crippen LogP) is 6.97. The number of aromatic nitrogens is 1. The molecular weight excluding hydrogens is 394 g/mol. The second-order valence-electron chi connectivity index (χ2n) is 6.41. The van der Waals surface area contributed by atoms with Gasteiger partial charge in [-0.05, 0) is 19.1 Å². The zero-order valence-corrected chi connectivity index (χ0v) is 17.4. The van der Waals surface area contributed by atoms with Crippen molar-refractivity contribution in [1.82, 2.24) is 4.98 Å². The van der Waals surface area contributed by atoms with Gasteiger partial charge in [-0.3, -0.25) is 0 Å². The first-order valence-corrected chi connectivity index (χ1v) is 10.3. The quantitative estimate of drug-likeness (QED) is 0.207. The smallest absolute Gasteiger partial charge is 0.171 e. The number of nitrogens with zero attached hydrogens (tertiary/aromatic N) is 3. The number of hydrogen-bond donors (Lipinski definition) is 0. The van der Waals surface area contributed by atoms with Crippen molar-refractivity contribution < 1.29 is 0 Å². The summed E-state index contributed by atoms with van der Waals surface area (Å²) in [5.41, 5.74) is 4.97. The van der Waals surface area contributed by atoms with Gasteiger partial charge in [0.1, 0.15) is 15.7 Å². The average molecular weight is 412 g/mol. The van der Waals surface area contributed by atoms with E-state index in [0.717, 1.165) is 32.4 Å². The van der Waals surface area contributed by atoms with Crippen LogP contribution in [0.25, 0.3) is 21.8 Å². The Labute approximate surface area is 179 Å². The SMILES string of the molecule is Cc1ccc(/C(N=C=S)=N\c2sc(-c3ccccc3)nc2-c2ccccc2)cc1. The van der Waals surface area contributed by atoms with Crippen molar-refractivity contribution in [1.29, 1.82) is 0 Å². The van der Waals surface area contributed by atoms with E-state index in [1.807, 2.05) is 79.7 Å². The molecule has 5 heteroatoms. The van der Waals surface area contributed by atoms with Gasteiger partial charge in [0, 0.05) is 16.7 Å². The van der Waals surface area contributed by atoms with E-state index in [0.29, 0.717) is 5.84 Å². The van der Waals surface area contributed by atoms with E-state index < -0.39 is 0 Å². The number of rotatable bonds is 4. The Bertz CT molecular complexity index is 1190. The molecule has 0 radical (unpaired) electrons. The number of amidine groups is 1. The van der Waals surface area contributed by atoms with Crippen molar-refractivity contribution in [3.8, 4) is 21.8 Å². The number of benzene rings is 3. The summed E-state index contributed by atoms with van der Waals surface area (Å²) in [4.78, 5) is 14.0. The fourth-order valence-electron chi connectivity index (χ4n) is 2.87. The van der Waals surface area contributed by atoms with Gasteiger partial charge in [-0.2, -0.15) is 4.99 Å². The van der Waals surface area contributed by atoms with Gasteiger partial charge in [-0.1, -0.05) is 102 Å². The Kier molecular flexibility index (Phi) is 5.82. The second-order valence-corrected chi connectivity index (χ2v) is 7.57. The van der Waals surface area contributed by atoms with E-state index >= 15 is 0 Å². The lowest BCUT2D eigenvalue weighted by Crippen LogP contribution is -1.96. The van der Waals surface area contributed by atoms with Crippen molar-refractivity contribution >= 4 is 39.6 Å². The molecule has 0 fully saturated rings. The van der Waals surface area contributed by atoms with Crippen LogP contribution < -0.4 is 0 Å². The molecule has 0 spiro atoms. The molecule has 0 N–H and O–H groups in total. The Morgan fingerprint density at radius 1 is 0.862 bits per heavy atom. The molecule has 0 aliphatic carbocycles. The Morgan fingerprint density at radius 2 is 1.48 bits per heavy atom. The van der Waals surface area contributed by atoms with Crippen LogP contribution in [0.5, 0.6) is 0 Å². The van der Waals surface area contributed by atoms with Crippen LogP contribution in [0.15, 0.2) is 94.9 Å². The maximum Gasteiger partial charge on any atom is 0.171 e. The monoisotopic (exact) mass is 411 g/mol. The third kappa shape index (κ3) is 4.44. The summed E-state index contributed by atoms with van der Waals surface area (Å²) in [6.45, 7) is 2.05. The standard InChI is InChI=1S/C24H17N3S2/c1-17-12-14-19(15-13-17)22(25-16-28)27-24-21(18-8-4-2-5-9-18)26-23(29-24)20-10-6-3-7-11-20/h2-15H,1H3/b27-22+. The number of aliphatic imine (C=N–C) groups is 2. The van der Waals surface area contributed by atoms with Gasteiger partial charge in [0.15, 0.2) is 5.84 Å². The number of aryl methyl sites for hydroxylation is 1. The van der Waals surface area contributed by atoms with Gasteiger partial charge in [-0.15, -0.1) is 0 Å². The molecule has 140 valence electrons. The molecule has 3 nitrogen and oxygen atoms in total. The van der Waals surface area contributed by atoms with Gasteiger partial charge in [0.25, 0.3) is 0 Å².